The van der Waals surface area contributed by atoms with Crippen LogP contribution in [0.2, 0.25) is 5.02 Å². The van der Waals surface area contributed by atoms with Crippen LogP contribution in [-0.2, 0) is 26.2 Å². The summed E-state index contributed by atoms with van der Waals surface area (Å²) >= 11 is 6.07. The summed E-state index contributed by atoms with van der Waals surface area (Å²) in [6, 6.07) is 21.1. The molecule has 9 heteroatoms. The molecule has 0 aromatic heterocycles. The van der Waals surface area contributed by atoms with Crippen molar-refractivity contribution in [3.63, 3.8) is 0 Å². The number of benzene rings is 3. The van der Waals surface area contributed by atoms with Crippen molar-refractivity contribution in [3.8, 4) is 0 Å². The zero-order valence-electron chi connectivity index (χ0n) is 23.0. The van der Waals surface area contributed by atoms with Crippen LogP contribution in [0.5, 0.6) is 0 Å². The molecule has 0 radical (unpaired) electrons. The second-order valence-electron chi connectivity index (χ2n) is 10.5. The Kier molecular flexibility index (Phi) is 9.80. The molecule has 3 aromatic rings. The average molecular weight is 570 g/mol. The third-order valence-corrected chi connectivity index (χ3v) is 8.12. The molecule has 2 amide bonds. The van der Waals surface area contributed by atoms with Crippen LogP contribution in [0.4, 0.5) is 5.69 Å². The van der Waals surface area contributed by atoms with Crippen molar-refractivity contribution in [3.05, 3.63) is 95.0 Å². The monoisotopic (exact) mass is 569 g/mol. The molecule has 3 rings (SSSR count). The van der Waals surface area contributed by atoms with Gasteiger partial charge < -0.3 is 10.2 Å². The molecule has 0 heterocycles. The highest BCUT2D eigenvalue weighted by Crippen LogP contribution is 2.26. The number of carbonyl (C=O) groups is 2. The van der Waals surface area contributed by atoms with Crippen LogP contribution in [0.15, 0.2) is 83.8 Å². The minimum absolute atomic E-state index is 0.0513. The van der Waals surface area contributed by atoms with E-state index in [-0.39, 0.29) is 17.3 Å². The van der Waals surface area contributed by atoms with Crippen molar-refractivity contribution in [2.75, 3.05) is 10.8 Å². The Morgan fingerprint density at radius 2 is 1.51 bits per heavy atom. The third kappa shape index (κ3) is 8.07. The number of nitrogens with one attached hydrogen (secondary N) is 1. The lowest BCUT2D eigenvalue weighted by Gasteiger charge is -2.34. The topological polar surface area (TPSA) is 86.8 Å². The third-order valence-electron chi connectivity index (χ3n) is 6.08. The summed E-state index contributed by atoms with van der Waals surface area (Å²) in [5.74, 6) is -0.796. The lowest BCUT2D eigenvalue weighted by atomic mass is 10.1. The number of sulfonamides is 1. The van der Waals surface area contributed by atoms with E-state index in [4.69, 9.17) is 11.6 Å². The Balaban J connectivity index is 2.05. The van der Waals surface area contributed by atoms with Crippen LogP contribution in [0.25, 0.3) is 0 Å². The SMILES string of the molecule is CC[C@@H](C(=O)NC(C)(C)C)N(Cc1ccc(C)cc1)C(=O)CN(c1ccc(Cl)cc1)S(=O)(=O)c1ccccc1. The fraction of sp³-hybridized carbons (Fsp3) is 0.333. The molecule has 0 saturated heterocycles. The van der Waals surface area contributed by atoms with Gasteiger partial charge in [0.1, 0.15) is 12.6 Å². The minimum Gasteiger partial charge on any atom is -0.350 e. The second-order valence-corrected chi connectivity index (χ2v) is 12.8. The predicted molar refractivity (Wildman–Crippen MR) is 156 cm³/mol. The summed E-state index contributed by atoms with van der Waals surface area (Å²) in [5.41, 5.74) is 1.69. The van der Waals surface area contributed by atoms with Crippen molar-refractivity contribution in [2.45, 2.75) is 64.1 Å². The molecule has 3 aromatic carbocycles. The normalized spacial score (nSPS) is 12.5. The van der Waals surface area contributed by atoms with Gasteiger partial charge in [-0.15, -0.1) is 0 Å². The number of hydrogen-bond donors (Lipinski definition) is 1. The van der Waals surface area contributed by atoms with E-state index in [2.05, 4.69) is 5.32 Å². The Bertz CT molecular complexity index is 1370. The number of rotatable bonds is 10. The van der Waals surface area contributed by atoms with Crippen molar-refractivity contribution in [2.24, 2.45) is 0 Å². The summed E-state index contributed by atoms with van der Waals surface area (Å²) in [4.78, 5) is 28.9. The van der Waals surface area contributed by atoms with Crippen LogP contribution in [0, 0.1) is 6.92 Å². The lowest BCUT2D eigenvalue weighted by molar-refractivity contribution is -0.141. The zero-order valence-corrected chi connectivity index (χ0v) is 24.6. The number of carbonyl (C=O) groups excluding carboxylic acids is 2. The first-order valence-corrected chi connectivity index (χ1v) is 14.6. The first-order valence-electron chi connectivity index (χ1n) is 12.8. The standard InChI is InChI=1S/C30H36ClN3O4S/c1-6-27(29(36)32-30(3,4)5)33(20-23-14-12-22(2)13-15-23)28(35)21-34(25-18-16-24(31)17-19-25)39(37,38)26-10-8-7-9-11-26/h7-19,27H,6,20-21H2,1-5H3,(H,32,36)/t27-/m0/s1. The van der Waals surface area contributed by atoms with Gasteiger partial charge in [0.2, 0.25) is 11.8 Å². The van der Waals surface area contributed by atoms with E-state index >= 15 is 0 Å². The number of nitrogens with zero attached hydrogens (tertiary/aromatic N) is 2. The van der Waals surface area contributed by atoms with E-state index < -0.39 is 34.1 Å². The van der Waals surface area contributed by atoms with E-state index in [1.54, 1.807) is 42.5 Å². The van der Waals surface area contributed by atoms with Crippen molar-refractivity contribution in [1.29, 1.82) is 0 Å². The second kappa shape index (κ2) is 12.7. The van der Waals surface area contributed by atoms with Crippen molar-refractivity contribution < 1.29 is 18.0 Å². The smallest absolute Gasteiger partial charge is 0.264 e. The van der Waals surface area contributed by atoms with Gasteiger partial charge in [-0.3, -0.25) is 13.9 Å². The van der Waals surface area contributed by atoms with Gasteiger partial charge in [0, 0.05) is 17.1 Å². The fourth-order valence-corrected chi connectivity index (χ4v) is 5.68. The quantitative estimate of drug-likeness (QED) is 0.346. The molecule has 208 valence electrons. The molecule has 0 bridgehead atoms. The molecule has 7 nitrogen and oxygen atoms in total. The number of aryl methyl sites for hydroxylation is 1. The van der Waals surface area contributed by atoms with Crippen LogP contribution >= 0.6 is 11.6 Å². The van der Waals surface area contributed by atoms with Crippen molar-refractivity contribution in [1.82, 2.24) is 10.2 Å². The highest BCUT2D eigenvalue weighted by molar-refractivity contribution is 7.92. The number of anilines is 1. The molecule has 39 heavy (non-hydrogen) atoms. The first kappa shape index (κ1) is 30.2. The predicted octanol–water partition coefficient (Wildman–Crippen LogP) is 5.57. The molecular formula is C30H36ClN3O4S. The van der Waals surface area contributed by atoms with Gasteiger partial charge in [-0.2, -0.15) is 0 Å². The lowest BCUT2D eigenvalue weighted by Crippen LogP contribution is -2.55. The largest absolute Gasteiger partial charge is 0.350 e. The van der Waals surface area contributed by atoms with E-state index in [0.29, 0.717) is 17.1 Å². The maximum atomic E-state index is 14.0. The highest BCUT2D eigenvalue weighted by atomic mass is 35.5. The van der Waals surface area contributed by atoms with Gasteiger partial charge in [-0.1, -0.05) is 66.6 Å². The average Bonchev–Trinajstić information content (AvgIpc) is 2.88. The molecular weight excluding hydrogens is 534 g/mol. The molecule has 0 saturated carbocycles. The van der Waals surface area contributed by atoms with Gasteiger partial charge in [-0.25, -0.2) is 8.42 Å². The Morgan fingerprint density at radius 1 is 0.923 bits per heavy atom. The van der Waals surface area contributed by atoms with Crippen LogP contribution in [0.1, 0.15) is 45.2 Å². The molecule has 0 aliphatic rings. The summed E-state index contributed by atoms with van der Waals surface area (Å²) in [6.45, 7) is 9.07. The summed E-state index contributed by atoms with van der Waals surface area (Å²) in [6.07, 6.45) is 0.353. The van der Waals surface area contributed by atoms with Crippen LogP contribution in [0.3, 0.4) is 0 Å². The van der Waals surface area contributed by atoms with Crippen LogP contribution < -0.4 is 9.62 Å². The number of hydrogen-bond acceptors (Lipinski definition) is 4. The molecule has 0 fully saturated rings. The van der Waals surface area contributed by atoms with Gasteiger partial charge in [0.15, 0.2) is 0 Å². The van der Waals surface area contributed by atoms with E-state index in [9.17, 15) is 18.0 Å². The summed E-state index contributed by atoms with van der Waals surface area (Å²) in [7, 11) is -4.11. The van der Waals surface area contributed by atoms with E-state index in [1.165, 1.54) is 17.0 Å². The molecule has 0 aliphatic heterocycles. The van der Waals surface area contributed by atoms with E-state index in [0.717, 1.165) is 15.4 Å². The Morgan fingerprint density at radius 3 is 2.05 bits per heavy atom. The van der Waals surface area contributed by atoms with Gasteiger partial charge in [-0.05, 0) is 76.1 Å². The maximum absolute atomic E-state index is 14.0. The number of amides is 2. The van der Waals surface area contributed by atoms with Gasteiger partial charge in [0.25, 0.3) is 10.0 Å². The van der Waals surface area contributed by atoms with Gasteiger partial charge >= 0.3 is 0 Å². The molecule has 0 unspecified atom stereocenters. The minimum atomic E-state index is -4.11. The van der Waals surface area contributed by atoms with Crippen LogP contribution in [-0.4, -0.2) is 43.3 Å². The molecule has 0 aliphatic carbocycles. The molecule has 0 spiro atoms. The summed E-state index contributed by atoms with van der Waals surface area (Å²) in [5, 5.41) is 3.41. The Labute approximate surface area is 236 Å². The van der Waals surface area contributed by atoms with E-state index in [1.807, 2.05) is 58.9 Å². The summed E-state index contributed by atoms with van der Waals surface area (Å²) < 4.78 is 28.6. The fourth-order valence-electron chi connectivity index (χ4n) is 4.12. The zero-order chi connectivity index (χ0) is 28.8. The molecule has 1 N–H and O–H groups in total. The first-order chi connectivity index (χ1) is 18.3. The van der Waals surface area contributed by atoms with Crippen molar-refractivity contribution >= 4 is 39.1 Å². The maximum Gasteiger partial charge on any atom is 0.264 e. The number of halogens is 1. The Hall–Kier alpha value is -3.36. The highest BCUT2D eigenvalue weighted by Gasteiger charge is 2.34. The van der Waals surface area contributed by atoms with Gasteiger partial charge in [0.05, 0.1) is 10.6 Å². The molecule has 1 atom stereocenters.